The summed E-state index contributed by atoms with van der Waals surface area (Å²) < 4.78 is 0. The molecule has 1 aliphatic heterocycles. The van der Waals surface area contributed by atoms with E-state index in [4.69, 9.17) is 5.26 Å². The number of hydrogen-bond donors (Lipinski definition) is 2. The highest BCUT2D eigenvalue weighted by Crippen LogP contribution is 2.21. The zero-order chi connectivity index (χ0) is 16.8. The molecule has 0 atom stereocenters. The summed E-state index contributed by atoms with van der Waals surface area (Å²) in [5, 5.41) is 13.2. The third-order valence-electron chi connectivity index (χ3n) is 3.19. The first kappa shape index (κ1) is 16.2. The van der Waals surface area contributed by atoms with Crippen LogP contribution in [0.2, 0.25) is 0 Å². The lowest BCUT2D eigenvalue weighted by Crippen LogP contribution is -2.42. The molecule has 8 heteroatoms. The molecule has 23 heavy (non-hydrogen) atoms. The molecule has 0 saturated carbocycles. The van der Waals surface area contributed by atoms with E-state index in [-0.39, 0.29) is 37.2 Å². The molecule has 0 bridgehead atoms. The second kappa shape index (κ2) is 7.17. The number of amides is 4. The number of nitriles is 1. The lowest BCUT2D eigenvalue weighted by molar-refractivity contribution is -0.122. The van der Waals surface area contributed by atoms with Crippen LogP contribution in [0.3, 0.4) is 0 Å². The smallest absolute Gasteiger partial charge is 0.262 e. The van der Waals surface area contributed by atoms with Gasteiger partial charge in [0.25, 0.3) is 11.8 Å². The van der Waals surface area contributed by atoms with Crippen molar-refractivity contribution in [2.45, 2.75) is 6.42 Å². The maximum absolute atomic E-state index is 12.1. The van der Waals surface area contributed by atoms with Crippen LogP contribution in [0.1, 0.15) is 27.1 Å². The van der Waals surface area contributed by atoms with Crippen LogP contribution >= 0.6 is 0 Å². The second-order valence-corrected chi connectivity index (χ2v) is 4.78. The van der Waals surface area contributed by atoms with E-state index in [9.17, 15) is 19.2 Å². The van der Waals surface area contributed by atoms with Crippen molar-refractivity contribution in [3.05, 3.63) is 35.4 Å². The number of nitrogens with zero attached hydrogens (tertiary/aromatic N) is 2. The molecule has 0 radical (unpaired) electrons. The minimum atomic E-state index is -0.506. The summed E-state index contributed by atoms with van der Waals surface area (Å²) in [6.45, 7) is -0.0773. The zero-order valence-corrected chi connectivity index (χ0v) is 12.2. The van der Waals surface area contributed by atoms with Gasteiger partial charge in [-0.05, 0) is 12.1 Å². The molecule has 0 spiro atoms. The lowest BCUT2D eigenvalue weighted by Gasteiger charge is -2.13. The summed E-state index contributed by atoms with van der Waals surface area (Å²) in [4.78, 5) is 47.8. The van der Waals surface area contributed by atoms with E-state index in [1.165, 1.54) is 12.1 Å². The van der Waals surface area contributed by atoms with E-state index in [0.29, 0.717) is 0 Å². The van der Waals surface area contributed by atoms with Crippen LogP contribution in [0.25, 0.3) is 0 Å². The van der Waals surface area contributed by atoms with E-state index >= 15 is 0 Å². The Kier molecular flexibility index (Phi) is 5.04. The normalized spacial score (nSPS) is 12.6. The van der Waals surface area contributed by atoms with E-state index in [1.54, 1.807) is 18.2 Å². The fourth-order valence-electron chi connectivity index (χ4n) is 2.12. The molecule has 118 valence electrons. The fraction of sp³-hybridized carbons (Fsp3) is 0.267. The van der Waals surface area contributed by atoms with Crippen LogP contribution in [0.15, 0.2) is 24.3 Å². The summed E-state index contributed by atoms with van der Waals surface area (Å²) in [5.74, 6) is -1.93. The van der Waals surface area contributed by atoms with Crippen molar-refractivity contribution in [2.75, 3.05) is 19.6 Å². The van der Waals surface area contributed by atoms with Crippen LogP contribution in [-0.4, -0.2) is 48.2 Å². The van der Waals surface area contributed by atoms with E-state index in [1.807, 2.05) is 0 Å². The topological polar surface area (TPSA) is 119 Å². The van der Waals surface area contributed by atoms with E-state index in [2.05, 4.69) is 10.6 Å². The highest BCUT2D eigenvalue weighted by Gasteiger charge is 2.36. The molecule has 2 N–H and O–H groups in total. The van der Waals surface area contributed by atoms with Crippen LogP contribution in [0.5, 0.6) is 0 Å². The molecule has 0 aromatic heterocycles. The van der Waals surface area contributed by atoms with E-state index < -0.39 is 23.6 Å². The Labute approximate surface area is 132 Å². The van der Waals surface area contributed by atoms with Gasteiger partial charge in [-0.2, -0.15) is 5.26 Å². The van der Waals surface area contributed by atoms with Crippen molar-refractivity contribution in [1.29, 1.82) is 5.26 Å². The maximum Gasteiger partial charge on any atom is 0.262 e. The van der Waals surface area contributed by atoms with Gasteiger partial charge in [0.15, 0.2) is 0 Å². The number of rotatable bonds is 6. The number of imide groups is 1. The summed E-state index contributed by atoms with van der Waals surface area (Å²) >= 11 is 0. The summed E-state index contributed by atoms with van der Waals surface area (Å²) in [6.07, 6.45) is -0.247. The van der Waals surface area contributed by atoms with Crippen molar-refractivity contribution < 1.29 is 19.2 Å². The molecular formula is C15H14N4O4. The van der Waals surface area contributed by atoms with Gasteiger partial charge in [0.1, 0.15) is 13.0 Å². The van der Waals surface area contributed by atoms with Gasteiger partial charge in [-0.3, -0.25) is 24.1 Å². The van der Waals surface area contributed by atoms with Gasteiger partial charge in [0.2, 0.25) is 11.8 Å². The number of fused-ring (bicyclic) bond motifs is 1. The predicted octanol–water partition coefficient (Wildman–Crippen LogP) is -0.571. The largest absolute Gasteiger partial charge is 0.353 e. The summed E-state index contributed by atoms with van der Waals surface area (Å²) in [7, 11) is 0. The first-order valence-electron chi connectivity index (χ1n) is 6.90. The minimum absolute atomic E-state index is 0.138. The molecule has 1 aromatic rings. The van der Waals surface area contributed by atoms with Gasteiger partial charge in [0, 0.05) is 13.1 Å². The Morgan fingerprint density at radius 1 is 1.00 bits per heavy atom. The summed E-state index contributed by atoms with van der Waals surface area (Å²) in [5.41, 5.74) is 0.572. The highest BCUT2D eigenvalue weighted by molar-refractivity contribution is 6.22. The Balaban J connectivity index is 1.81. The van der Waals surface area contributed by atoms with Crippen LogP contribution in [-0.2, 0) is 9.59 Å². The quantitative estimate of drug-likeness (QED) is 0.538. The lowest BCUT2D eigenvalue weighted by atomic mass is 10.1. The van der Waals surface area contributed by atoms with Crippen LogP contribution in [0, 0.1) is 11.3 Å². The van der Waals surface area contributed by atoms with Crippen molar-refractivity contribution in [1.82, 2.24) is 15.5 Å². The fourth-order valence-corrected chi connectivity index (χ4v) is 2.12. The Morgan fingerprint density at radius 3 is 2.04 bits per heavy atom. The zero-order valence-electron chi connectivity index (χ0n) is 12.2. The Hall–Kier alpha value is -3.21. The highest BCUT2D eigenvalue weighted by atomic mass is 16.2. The summed E-state index contributed by atoms with van der Waals surface area (Å²) in [6, 6.07) is 8.08. The molecule has 1 heterocycles. The SMILES string of the molecule is N#CCC(=O)NCCNC(=O)CN1C(=O)c2ccccc2C1=O. The molecule has 0 aliphatic carbocycles. The number of hydrogen-bond acceptors (Lipinski definition) is 5. The average Bonchev–Trinajstić information content (AvgIpc) is 2.77. The Morgan fingerprint density at radius 2 is 1.52 bits per heavy atom. The van der Waals surface area contributed by atoms with Crippen molar-refractivity contribution in [3.63, 3.8) is 0 Å². The van der Waals surface area contributed by atoms with Gasteiger partial charge in [-0.15, -0.1) is 0 Å². The third kappa shape index (κ3) is 3.71. The second-order valence-electron chi connectivity index (χ2n) is 4.78. The molecular weight excluding hydrogens is 300 g/mol. The standard InChI is InChI=1S/C15H14N4O4/c16-6-5-12(20)17-7-8-18-13(21)9-19-14(22)10-3-1-2-4-11(10)15(19)23/h1-4H,5,7-9H2,(H,17,20)(H,18,21). The van der Waals surface area contributed by atoms with Crippen LogP contribution < -0.4 is 10.6 Å². The van der Waals surface area contributed by atoms with Gasteiger partial charge in [0.05, 0.1) is 17.2 Å². The van der Waals surface area contributed by atoms with Crippen LogP contribution in [0.4, 0.5) is 0 Å². The van der Waals surface area contributed by atoms with Gasteiger partial charge in [-0.1, -0.05) is 12.1 Å². The van der Waals surface area contributed by atoms with Gasteiger partial charge >= 0.3 is 0 Å². The van der Waals surface area contributed by atoms with E-state index in [0.717, 1.165) is 4.90 Å². The van der Waals surface area contributed by atoms with Gasteiger partial charge < -0.3 is 10.6 Å². The molecule has 2 rings (SSSR count). The van der Waals surface area contributed by atoms with Crippen molar-refractivity contribution >= 4 is 23.6 Å². The minimum Gasteiger partial charge on any atom is -0.353 e. The first-order valence-corrected chi connectivity index (χ1v) is 6.90. The van der Waals surface area contributed by atoms with Crippen molar-refractivity contribution in [3.8, 4) is 6.07 Å². The first-order chi connectivity index (χ1) is 11.0. The number of nitrogens with one attached hydrogen (secondary N) is 2. The molecule has 8 nitrogen and oxygen atoms in total. The molecule has 0 saturated heterocycles. The predicted molar refractivity (Wildman–Crippen MR) is 78.1 cm³/mol. The molecule has 1 aliphatic rings. The third-order valence-corrected chi connectivity index (χ3v) is 3.19. The molecule has 0 unspecified atom stereocenters. The van der Waals surface area contributed by atoms with Crippen molar-refractivity contribution in [2.24, 2.45) is 0 Å². The average molecular weight is 314 g/mol. The number of benzene rings is 1. The maximum atomic E-state index is 12.1. The monoisotopic (exact) mass is 314 g/mol. The number of carbonyl (C=O) groups is 4. The Bertz CT molecular complexity index is 673. The molecule has 1 aromatic carbocycles. The number of carbonyl (C=O) groups excluding carboxylic acids is 4. The van der Waals surface area contributed by atoms with Gasteiger partial charge in [-0.25, -0.2) is 0 Å². The molecule has 4 amide bonds. The molecule has 0 fully saturated rings.